The standard InChI is InChI=1S/C12H18N4OS/c1-15-5-6-16(7-10(15)17)12-14-11-8(13)3-2-4-9(11)18-12/h8H,2-7,13H2,1H3. The first kappa shape index (κ1) is 11.9. The second kappa shape index (κ2) is 4.51. The van der Waals surface area contributed by atoms with E-state index in [1.54, 1.807) is 16.2 Å². The van der Waals surface area contributed by atoms with Crippen LogP contribution in [0.2, 0.25) is 0 Å². The Morgan fingerprint density at radius 1 is 1.44 bits per heavy atom. The van der Waals surface area contributed by atoms with Gasteiger partial charge in [-0.1, -0.05) is 0 Å². The van der Waals surface area contributed by atoms with Crippen LogP contribution in [0.25, 0.3) is 0 Å². The van der Waals surface area contributed by atoms with Crippen molar-refractivity contribution >= 4 is 22.4 Å². The van der Waals surface area contributed by atoms with Gasteiger partial charge >= 0.3 is 0 Å². The molecule has 18 heavy (non-hydrogen) atoms. The Kier molecular flexibility index (Phi) is 2.99. The summed E-state index contributed by atoms with van der Waals surface area (Å²) < 4.78 is 0. The minimum absolute atomic E-state index is 0.0851. The third-order valence-electron chi connectivity index (χ3n) is 3.71. The van der Waals surface area contributed by atoms with Gasteiger partial charge in [0.2, 0.25) is 5.91 Å². The molecule has 1 aromatic rings. The zero-order valence-corrected chi connectivity index (χ0v) is 11.4. The fourth-order valence-corrected chi connectivity index (χ4v) is 3.69. The van der Waals surface area contributed by atoms with Crippen molar-refractivity contribution in [2.75, 3.05) is 31.6 Å². The summed E-state index contributed by atoms with van der Waals surface area (Å²) in [5.74, 6) is 0.165. The zero-order chi connectivity index (χ0) is 12.7. The summed E-state index contributed by atoms with van der Waals surface area (Å²) in [5.41, 5.74) is 7.15. The number of carbonyl (C=O) groups excluding carboxylic acids is 1. The number of thiazole rings is 1. The Balaban J connectivity index is 1.83. The van der Waals surface area contributed by atoms with Crippen LogP contribution in [0.15, 0.2) is 0 Å². The van der Waals surface area contributed by atoms with E-state index in [4.69, 9.17) is 5.73 Å². The van der Waals surface area contributed by atoms with Crippen molar-refractivity contribution in [3.05, 3.63) is 10.6 Å². The number of hydrogen-bond acceptors (Lipinski definition) is 5. The Bertz CT molecular complexity index is 473. The fraction of sp³-hybridized carbons (Fsp3) is 0.667. The molecule has 0 saturated carbocycles. The third kappa shape index (κ3) is 1.99. The summed E-state index contributed by atoms with van der Waals surface area (Å²) in [5, 5.41) is 0.971. The van der Waals surface area contributed by atoms with E-state index in [1.807, 2.05) is 7.05 Å². The highest BCUT2D eigenvalue weighted by atomic mass is 32.1. The number of aryl methyl sites for hydroxylation is 1. The van der Waals surface area contributed by atoms with Gasteiger partial charge in [0.1, 0.15) is 0 Å². The van der Waals surface area contributed by atoms with Crippen LogP contribution >= 0.6 is 11.3 Å². The normalized spacial score (nSPS) is 24.3. The van der Waals surface area contributed by atoms with Crippen molar-refractivity contribution in [1.29, 1.82) is 0 Å². The van der Waals surface area contributed by atoms with Crippen molar-refractivity contribution in [2.24, 2.45) is 5.73 Å². The van der Waals surface area contributed by atoms with Crippen molar-refractivity contribution in [3.63, 3.8) is 0 Å². The van der Waals surface area contributed by atoms with E-state index < -0.39 is 0 Å². The van der Waals surface area contributed by atoms with Gasteiger partial charge in [0, 0.05) is 31.1 Å². The molecule has 3 rings (SSSR count). The monoisotopic (exact) mass is 266 g/mol. The summed E-state index contributed by atoms with van der Waals surface area (Å²) in [6, 6.07) is 0.0851. The summed E-state index contributed by atoms with van der Waals surface area (Å²) >= 11 is 1.71. The number of aromatic nitrogens is 1. The quantitative estimate of drug-likeness (QED) is 0.815. The van der Waals surface area contributed by atoms with Crippen molar-refractivity contribution in [1.82, 2.24) is 9.88 Å². The lowest BCUT2D eigenvalue weighted by Gasteiger charge is -2.31. The lowest BCUT2D eigenvalue weighted by atomic mass is 9.99. The molecule has 6 heteroatoms. The number of fused-ring (bicyclic) bond motifs is 1. The Morgan fingerprint density at radius 2 is 2.28 bits per heavy atom. The van der Waals surface area contributed by atoms with Gasteiger partial charge in [-0.2, -0.15) is 0 Å². The average molecular weight is 266 g/mol. The lowest BCUT2D eigenvalue weighted by Crippen LogP contribution is -2.48. The minimum Gasteiger partial charge on any atom is -0.342 e. The van der Waals surface area contributed by atoms with Gasteiger partial charge in [-0.15, -0.1) is 11.3 Å². The first-order valence-electron chi connectivity index (χ1n) is 6.39. The van der Waals surface area contributed by atoms with Crippen LogP contribution < -0.4 is 10.6 Å². The number of rotatable bonds is 1. The number of piperazine rings is 1. The van der Waals surface area contributed by atoms with Crippen LogP contribution in [0.3, 0.4) is 0 Å². The highest BCUT2D eigenvalue weighted by Crippen LogP contribution is 2.35. The summed E-state index contributed by atoms with van der Waals surface area (Å²) in [6.07, 6.45) is 3.26. The SMILES string of the molecule is CN1CCN(c2nc3c(s2)CCCC3N)CC1=O. The Hall–Kier alpha value is -1.14. The average Bonchev–Trinajstić information content (AvgIpc) is 2.78. The van der Waals surface area contributed by atoms with Crippen LogP contribution in [0.4, 0.5) is 5.13 Å². The molecule has 1 atom stereocenters. The van der Waals surface area contributed by atoms with Crippen LogP contribution in [-0.2, 0) is 11.2 Å². The molecule has 1 aromatic heterocycles. The third-order valence-corrected chi connectivity index (χ3v) is 4.91. The topological polar surface area (TPSA) is 62.5 Å². The van der Waals surface area contributed by atoms with E-state index in [-0.39, 0.29) is 11.9 Å². The maximum atomic E-state index is 11.7. The molecule has 2 heterocycles. The van der Waals surface area contributed by atoms with Gasteiger partial charge < -0.3 is 15.5 Å². The minimum atomic E-state index is 0.0851. The van der Waals surface area contributed by atoms with Crippen LogP contribution in [0.5, 0.6) is 0 Å². The van der Waals surface area contributed by atoms with Gasteiger partial charge in [-0.3, -0.25) is 4.79 Å². The largest absolute Gasteiger partial charge is 0.342 e. The number of carbonyl (C=O) groups is 1. The highest BCUT2D eigenvalue weighted by molar-refractivity contribution is 7.15. The van der Waals surface area contributed by atoms with Crippen molar-refractivity contribution in [2.45, 2.75) is 25.3 Å². The molecule has 98 valence electrons. The molecule has 0 radical (unpaired) electrons. The number of likely N-dealkylation sites (N-methyl/N-ethyl adjacent to an activating group) is 1. The number of nitrogens with zero attached hydrogens (tertiary/aromatic N) is 3. The number of nitrogens with two attached hydrogens (primary N) is 1. The number of amides is 1. The molecule has 1 unspecified atom stereocenters. The van der Waals surface area contributed by atoms with Crippen molar-refractivity contribution in [3.8, 4) is 0 Å². The first-order chi connectivity index (χ1) is 8.65. The predicted molar refractivity (Wildman–Crippen MR) is 71.8 cm³/mol. The molecule has 2 aliphatic rings. The molecule has 0 spiro atoms. The smallest absolute Gasteiger partial charge is 0.241 e. The molecule has 1 saturated heterocycles. The van der Waals surface area contributed by atoms with Crippen LogP contribution in [-0.4, -0.2) is 42.5 Å². The van der Waals surface area contributed by atoms with Gasteiger partial charge in [-0.25, -0.2) is 4.98 Å². The molecular weight excluding hydrogens is 248 g/mol. The molecule has 5 nitrogen and oxygen atoms in total. The van der Waals surface area contributed by atoms with E-state index in [9.17, 15) is 4.79 Å². The van der Waals surface area contributed by atoms with E-state index in [0.717, 1.165) is 43.2 Å². The fourth-order valence-electron chi connectivity index (χ4n) is 2.50. The maximum Gasteiger partial charge on any atom is 0.241 e. The number of hydrogen-bond donors (Lipinski definition) is 1. The zero-order valence-electron chi connectivity index (χ0n) is 10.6. The second-order valence-electron chi connectivity index (χ2n) is 5.04. The number of anilines is 1. The maximum absolute atomic E-state index is 11.7. The highest BCUT2D eigenvalue weighted by Gasteiger charge is 2.27. The Morgan fingerprint density at radius 3 is 3.00 bits per heavy atom. The van der Waals surface area contributed by atoms with Gasteiger partial charge in [0.25, 0.3) is 0 Å². The van der Waals surface area contributed by atoms with Crippen LogP contribution in [0.1, 0.15) is 29.5 Å². The molecule has 1 fully saturated rings. The van der Waals surface area contributed by atoms with Crippen molar-refractivity contribution < 1.29 is 4.79 Å². The van der Waals surface area contributed by atoms with E-state index in [1.165, 1.54) is 4.88 Å². The summed E-state index contributed by atoms with van der Waals surface area (Å²) in [7, 11) is 1.85. The molecule has 1 amide bonds. The predicted octanol–water partition coefficient (Wildman–Crippen LogP) is 0.758. The van der Waals surface area contributed by atoms with E-state index in [2.05, 4.69) is 9.88 Å². The van der Waals surface area contributed by atoms with Gasteiger partial charge in [-0.05, 0) is 19.3 Å². The van der Waals surface area contributed by atoms with Crippen LogP contribution in [0, 0.1) is 0 Å². The Labute approximate surface area is 111 Å². The first-order valence-corrected chi connectivity index (χ1v) is 7.21. The molecule has 1 aliphatic heterocycles. The summed E-state index contributed by atoms with van der Waals surface area (Å²) in [6.45, 7) is 2.08. The molecule has 0 aromatic carbocycles. The molecule has 2 N–H and O–H groups in total. The molecular formula is C12H18N4OS. The van der Waals surface area contributed by atoms with Gasteiger partial charge in [0.05, 0.1) is 12.2 Å². The lowest BCUT2D eigenvalue weighted by molar-refractivity contribution is -0.129. The van der Waals surface area contributed by atoms with Gasteiger partial charge in [0.15, 0.2) is 5.13 Å². The molecule has 0 bridgehead atoms. The summed E-state index contributed by atoms with van der Waals surface area (Å²) in [4.78, 5) is 21.6. The molecule has 1 aliphatic carbocycles. The van der Waals surface area contributed by atoms with E-state index in [0.29, 0.717) is 6.54 Å². The van der Waals surface area contributed by atoms with E-state index >= 15 is 0 Å². The second-order valence-corrected chi connectivity index (χ2v) is 6.10.